The average Bonchev–Trinajstić information content (AvgIpc) is 2.79. The van der Waals surface area contributed by atoms with E-state index in [-0.39, 0.29) is 18.0 Å². The van der Waals surface area contributed by atoms with E-state index in [0.717, 1.165) is 30.8 Å². The van der Waals surface area contributed by atoms with Crippen LogP contribution in [-0.2, 0) is 37.3 Å². The van der Waals surface area contributed by atoms with Crippen molar-refractivity contribution >= 4 is 23.2 Å². The fourth-order valence-electron chi connectivity index (χ4n) is 4.08. The van der Waals surface area contributed by atoms with E-state index in [1.165, 1.54) is 10.1 Å². The highest BCUT2D eigenvalue weighted by Crippen LogP contribution is 2.21. The topological polar surface area (TPSA) is 67.2 Å². The van der Waals surface area contributed by atoms with Crippen LogP contribution >= 0.6 is 11.6 Å². The molecule has 7 heteroatoms. The van der Waals surface area contributed by atoms with Crippen molar-refractivity contribution in [3.05, 3.63) is 92.6 Å². The third kappa shape index (κ3) is 5.09. The number of nitrogens with one attached hydrogen (secondary N) is 1. The first kappa shape index (κ1) is 22.2. The average molecular weight is 451 g/mol. The zero-order chi connectivity index (χ0) is 22.5. The zero-order valence-electron chi connectivity index (χ0n) is 18.2. The Kier molecular flexibility index (Phi) is 7.02. The highest BCUT2D eigenvalue weighted by Gasteiger charge is 2.24. The molecule has 0 atom stereocenters. The van der Waals surface area contributed by atoms with Crippen LogP contribution in [0.15, 0.2) is 59.4 Å². The number of anilines is 1. The Labute approximate surface area is 192 Å². The lowest BCUT2D eigenvalue weighted by atomic mass is 10.0. The minimum atomic E-state index is -0.291. The summed E-state index contributed by atoms with van der Waals surface area (Å²) in [5.74, 6) is 0.368. The lowest BCUT2D eigenvalue weighted by Crippen LogP contribution is -2.40. The molecule has 2 heterocycles. The van der Waals surface area contributed by atoms with Gasteiger partial charge in [-0.1, -0.05) is 61.0 Å². The Bertz CT molecular complexity index is 1160. The van der Waals surface area contributed by atoms with E-state index >= 15 is 0 Å². The lowest BCUT2D eigenvalue weighted by molar-refractivity contribution is -0.116. The summed E-state index contributed by atoms with van der Waals surface area (Å²) in [5.41, 5.74) is 3.23. The molecular weight excluding hydrogens is 424 g/mol. The van der Waals surface area contributed by atoms with E-state index < -0.39 is 0 Å². The minimum Gasteiger partial charge on any atom is -0.323 e. The van der Waals surface area contributed by atoms with Gasteiger partial charge in [-0.05, 0) is 30.5 Å². The number of para-hydroxylation sites is 1. The van der Waals surface area contributed by atoms with Crippen LogP contribution in [0.1, 0.15) is 36.0 Å². The largest absolute Gasteiger partial charge is 0.323 e. The van der Waals surface area contributed by atoms with E-state index in [2.05, 4.69) is 22.3 Å². The van der Waals surface area contributed by atoms with Crippen molar-refractivity contribution < 1.29 is 4.79 Å². The maximum Gasteiger partial charge on any atom is 0.257 e. The number of benzene rings is 2. The summed E-state index contributed by atoms with van der Waals surface area (Å²) in [6.45, 7) is 4.23. The molecule has 0 bridgehead atoms. The molecule has 1 aromatic heterocycles. The van der Waals surface area contributed by atoms with Gasteiger partial charge < -0.3 is 5.32 Å². The Morgan fingerprint density at radius 2 is 1.88 bits per heavy atom. The molecule has 4 rings (SSSR count). The van der Waals surface area contributed by atoms with E-state index in [4.69, 9.17) is 16.6 Å². The molecule has 6 nitrogen and oxygen atoms in total. The molecule has 0 unspecified atom stereocenters. The maximum atomic E-state index is 13.3. The Morgan fingerprint density at radius 3 is 2.62 bits per heavy atom. The second-order valence-corrected chi connectivity index (χ2v) is 8.48. The number of aromatic nitrogens is 2. The fraction of sp³-hybridized carbons (Fsp3) is 0.320. The van der Waals surface area contributed by atoms with Gasteiger partial charge in [0.05, 0.1) is 16.4 Å². The molecule has 0 saturated carbocycles. The number of hydrogen-bond donors (Lipinski definition) is 1. The van der Waals surface area contributed by atoms with E-state index in [9.17, 15) is 9.59 Å². The Hall–Kier alpha value is -2.96. The predicted molar refractivity (Wildman–Crippen MR) is 127 cm³/mol. The number of hydrogen-bond acceptors (Lipinski definition) is 4. The fourth-order valence-corrected chi connectivity index (χ4v) is 4.26. The molecule has 0 aliphatic carbocycles. The monoisotopic (exact) mass is 450 g/mol. The molecule has 0 fully saturated rings. The van der Waals surface area contributed by atoms with Gasteiger partial charge in [-0.3, -0.25) is 19.1 Å². The predicted octanol–water partition coefficient (Wildman–Crippen LogP) is 4.05. The van der Waals surface area contributed by atoms with Gasteiger partial charge in [0.15, 0.2) is 0 Å². The zero-order valence-corrected chi connectivity index (χ0v) is 18.9. The molecule has 1 amide bonds. The smallest absolute Gasteiger partial charge is 0.257 e. The SMILES string of the molecule is CCCc1nc2c(c(=O)n1CC(=O)Nc1ccccc1Cl)CCN(Cc1ccccc1)C2. The molecule has 1 N–H and O–H groups in total. The number of carbonyl (C=O) groups is 1. The summed E-state index contributed by atoms with van der Waals surface area (Å²) < 4.78 is 1.53. The van der Waals surface area contributed by atoms with Crippen LogP contribution in [0.4, 0.5) is 5.69 Å². The molecule has 0 saturated heterocycles. The first-order valence-corrected chi connectivity index (χ1v) is 11.3. The summed E-state index contributed by atoms with van der Waals surface area (Å²) in [6.07, 6.45) is 2.11. The second kappa shape index (κ2) is 10.1. The number of amides is 1. The highest BCUT2D eigenvalue weighted by atomic mass is 35.5. The van der Waals surface area contributed by atoms with Gasteiger partial charge in [-0.15, -0.1) is 0 Å². The van der Waals surface area contributed by atoms with Crippen LogP contribution in [0.5, 0.6) is 0 Å². The van der Waals surface area contributed by atoms with Crippen molar-refractivity contribution in [1.82, 2.24) is 14.5 Å². The number of fused-ring (bicyclic) bond motifs is 1. The van der Waals surface area contributed by atoms with Crippen molar-refractivity contribution in [2.24, 2.45) is 0 Å². The number of halogens is 1. The van der Waals surface area contributed by atoms with Gasteiger partial charge in [0, 0.05) is 31.6 Å². The molecule has 2 aromatic carbocycles. The third-order valence-electron chi connectivity index (χ3n) is 5.65. The Morgan fingerprint density at radius 1 is 1.12 bits per heavy atom. The van der Waals surface area contributed by atoms with Crippen molar-refractivity contribution in [3.8, 4) is 0 Å². The van der Waals surface area contributed by atoms with Gasteiger partial charge in [0.25, 0.3) is 5.56 Å². The van der Waals surface area contributed by atoms with Crippen molar-refractivity contribution in [3.63, 3.8) is 0 Å². The molecule has 1 aliphatic heterocycles. The number of rotatable bonds is 7. The summed E-state index contributed by atoms with van der Waals surface area (Å²) in [5, 5.41) is 3.27. The summed E-state index contributed by atoms with van der Waals surface area (Å²) in [4.78, 5) is 33.2. The van der Waals surface area contributed by atoms with Crippen LogP contribution in [-0.4, -0.2) is 26.9 Å². The Balaban J connectivity index is 1.56. The number of carbonyl (C=O) groups excluding carboxylic acids is 1. The summed E-state index contributed by atoms with van der Waals surface area (Å²) in [7, 11) is 0. The molecule has 166 valence electrons. The summed E-state index contributed by atoms with van der Waals surface area (Å²) >= 11 is 6.15. The van der Waals surface area contributed by atoms with E-state index in [0.29, 0.717) is 35.9 Å². The van der Waals surface area contributed by atoms with Crippen molar-refractivity contribution in [2.45, 2.75) is 45.8 Å². The van der Waals surface area contributed by atoms with Crippen LogP contribution in [0, 0.1) is 0 Å². The van der Waals surface area contributed by atoms with Gasteiger partial charge in [-0.2, -0.15) is 0 Å². The number of nitrogens with zero attached hydrogens (tertiary/aromatic N) is 3. The highest BCUT2D eigenvalue weighted by molar-refractivity contribution is 6.33. The van der Waals surface area contributed by atoms with Crippen LogP contribution in [0.25, 0.3) is 0 Å². The number of aryl methyl sites for hydroxylation is 1. The maximum absolute atomic E-state index is 13.3. The normalized spacial score (nSPS) is 13.6. The van der Waals surface area contributed by atoms with Crippen molar-refractivity contribution in [1.29, 1.82) is 0 Å². The molecular formula is C25H27ClN4O2. The first-order valence-electron chi connectivity index (χ1n) is 11.0. The molecule has 0 radical (unpaired) electrons. The summed E-state index contributed by atoms with van der Waals surface area (Å²) in [6, 6.07) is 17.4. The lowest BCUT2D eigenvalue weighted by Gasteiger charge is -2.29. The van der Waals surface area contributed by atoms with Crippen molar-refractivity contribution in [2.75, 3.05) is 11.9 Å². The van der Waals surface area contributed by atoms with Gasteiger partial charge in [0.2, 0.25) is 5.91 Å². The molecule has 32 heavy (non-hydrogen) atoms. The first-order chi connectivity index (χ1) is 15.5. The standard InChI is InChI=1S/C25H27ClN4O2/c1-2-8-23-27-22-16-29(15-18-9-4-3-5-10-18)14-13-19(22)25(32)30(23)17-24(31)28-21-12-7-6-11-20(21)26/h3-7,9-12H,2,8,13-17H2,1H3,(H,28,31). The van der Waals surface area contributed by atoms with Gasteiger partial charge >= 0.3 is 0 Å². The minimum absolute atomic E-state index is 0.0760. The van der Waals surface area contributed by atoms with E-state index in [1.54, 1.807) is 24.3 Å². The van der Waals surface area contributed by atoms with E-state index in [1.807, 2.05) is 25.1 Å². The van der Waals surface area contributed by atoms with Crippen LogP contribution in [0.3, 0.4) is 0 Å². The molecule has 0 spiro atoms. The van der Waals surface area contributed by atoms with Crippen LogP contribution < -0.4 is 10.9 Å². The molecule has 1 aliphatic rings. The van der Waals surface area contributed by atoms with Gasteiger partial charge in [0.1, 0.15) is 12.4 Å². The molecule has 3 aromatic rings. The quantitative estimate of drug-likeness (QED) is 0.589. The van der Waals surface area contributed by atoms with Crippen LogP contribution in [0.2, 0.25) is 5.02 Å². The third-order valence-corrected chi connectivity index (χ3v) is 5.98. The second-order valence-electron chi connectivity index (χ2n) is 8.07. The van der Waals surface area contributed by atoms with Gasteiger partial charge in [-0.25, -0.2) is 4.98 Å².